The first-order valence-corrected chi connectivity index (χ1v) is 25.4. The van der Waals surface area contributed by atoms with Gasteiger partial charge in [0.25, 0.3) is 0 Å². The smallest absolute Gasteiger partial charge is 0.397 e. The van der Waals surface area contributed by atoms with E-state index in [1.807, 2.05) is 39.8 Å². The zero-order valence-corrected chi connectivity index (χ0v) is 39.0. The molecule has 0 aliphatic carbocycles. The predicted octanol–water partition coefficient (Wildman–Crippen LogP) is 6.09. The molecule has 0 bridgehead atoms. The highest BCUT2D eigenvalue weighted by molar-refractivity contribution is 7.80. The lowest BCUT2D eigenvalue weighted by molar-refractivity contribution is -0.332. The molecule has 2 aliphatic heterocycles. The van der Waals surface area contributed by atoms with Crippen LogP contribution in [0.1, 0.15) is 75.7 Å². The van der Waals surface area contributed by atoms with E-state index in [9.17, 15) is 32.9 Å². The number of azide groups is 1. The van der Waals surface area contributed by atoms with Crippen molar-refractivity contribution >= 4 is 30.7 Å². The normalized spacial score (nSPS) is 26.6. The van der Waals surface area contributed by atoms with Crippen LogP contribution in [-0.4, -0.2) is 133 Å². The highest BCUT2D eigenvalue weighted by atomic mass is 32.3. The maximum Gasteiger partial charge on any atom is 0.397 e. The van der Waals surface area contributed by atoms with E-state index in [0.717, 1.165) is 19.1 Å². The standard InChI is InChI=1S/C42H63N3O16SSi/c1-9-11-22-55-34-32(44-45-43)30(24-42(3,4)63(7,8)51)57-31(26-54-25-27-18-20-29(52-5)21-19-27)33(34)59-41-38(61-62(48,49)50)35(56-23-12-10-2)36(37(60-41)40(47)53-6)58-39(46)28-16-14-13-15-17-28/h13-21,30-38,41,51H,9-12,22-26H2,1-8H3,(H,48,49,50)/t30-,31?,32+,33+,34?,35+,36?,37+,38-,41?/m0/s1. The van der Waals surface area contributed by atoms with Gasteiger partial charge < -0.3 is 47.4 Å². The lowest BCUT2D eigenvalue weighted by Gasteiger charge is -2.50. The molecule has 0 aromatic heterocycles. The van der Waals surface area contributed by atoms with Crippen LogP contribution in [0.25, 0.3) is 10.4 Å². The number of hydrogen-bond donors (Lipinski definition) is 2. The molecule has 0 amide bonds. The number of carbonyl (C=O) groups excluding carboxylic acids is 2. The van der Waals surface area contributed by atoms with Crippen LogP contribution in [0.15, 0.2) is 59.7 Å². The lowest BCUT2D eigenvalue weighted by Crippen LogP contribution is -2.67. The lowest BCUT2D eigenvalue weighted by atomic mass is 9.88. The van der Waals surface area contributed by atoms with Crippen molar-refractivity contribution in [3.8, 4) is 5.75 Å². The molecule has 0 saturated carbocycles. The van der Waals surface area contributed by atoms with Gasteiger partial charge in [-0.25, -0.2) is 13.8 Å². The zero-order chi connectivity index (χ0) is 46.4. The van der Waals surface area contributed by atoms with Gasteiger partial charge in [0, 0.05) is 18.1 Å². The number of hydrogen-bond acceptors (Lipinski definition) is 16. The Morgan fingerprint density at radius 2 is 1.52 bits per heavy atom. The van der Waals surface area contributed by atoms with E-state index in [-0.39, 0.29) is 38.4 Å². The fourth-order valence-corrected chi connectivity index (χ4v) is 8.25. The Balaban J connectivity index is 1.86. The maximum atomic E-state index is 13.6. The molecule has 4 unspecified atom stereocenters. The van der Waals surface area contributed by atoms with Crippen molar-refractivity contribution in [3.63, 3.8) is 0 Å². The van der Waals surface area contributed by atoms with Gasteiger partial charge in [-0.1, -0.05) is 76.0 Å². The number of nitrogens with zero attached hydrogens (tertiary/aromatic N) is 3. The summed E-state index contributed by atoms with van der Waals surface area (Å²) in [5.74, 6) is -1.30. The molecule has 2 N–H and O–H groups in total. The summed E-state index contributed by atoms with van der Waals surface area (Å²) in [5, 5.41) is 3.47. The largest absolute Gasteiger partial charge is 0.497 e. The van der Waals surface area contributed by atoms with Gasteiger partial charge in [0.05, 0.1) is 51.2 Å². The van der Waals surface area contributed by atoms with Crippen LogP contribution in [-0.2, 0) is 63.9 Å². The molecule has 0 radical (unpaired) electrons. The third-order valence-corrected chi connectivity index (χ3v) is 15.3. The molecule has 19 nitrogen and oxygen atoms in total. The number of benzene rings is 2. The van der Waals surface area contributed by atoms with E-state index in [0.29, 0.717) is 25.0 Å². The first-order valence-electron chi connectivity index (χ1n) is 21.0. The van der Waals surface area contributed by atoms with Gasteiger partial charge in [0.1, 0.15) is 24.1 Å². The SMILES string of the molecule is CCCCOC1[C@H](OC2O[C@@H](C(=O)OC)C(OC(=O)c3ccccc3)[C@@H](OCCCC)[C@@H]2OS(=O)(=O)O)C(COCc2ccc(OC)cc2)O[C@@H](CC(C)(C)[Si](C)(C)O)[C@H]1N=[N+]=[N-]. The van der Waals surface area contributed by atoms with Crippen molar-refractivity contribution in [2.75, 3.05) is 34.0 Å². The van der Waals surface area contributed by atoms with Crippen LogP contribution >= 0.6 is 0 Å². The van der Waals surface area contributed by atoms with Crippen molar-refractivity contribution in [2.45, 2.75) is 146 Å². The summed E-state index contributed by atoms with van der Waals surface area (Å²) in [6, 6.07) is 13.9. The summed E-state index contributed by atoms with van der Waals surface area (Å²) in [7, 11) is -5.59. The molecular weight excluding hydrogens is 863 g/mol. The maximum absolute atomic E-state index is 13.6. The molecule has 10 atom stereocenters. The molecule has 2 fully saturated rings. The van der Waals surface area contributed by atoms with Crippen LogP contribution in [0.5, 0.6) is 5.75 Å². The minimum Gasteiger partial charge on any atom is -0.497 e. The topological polar surface area (TPSA) is 250 Å². The molecule has 2 aliphatic rings. The van der Waals surface area contributed by atoms with Gasteiger partial charge in [0.15, 0.2) is 32.9 Å². The second kappa shape index (κ2) is 24.0. The summed E-state index contributed by atoms with van der Waals surface area (Å²) >= 11 is 0. The number of carbonyl (C=O) groups is 2. The first kappa shape index (κ1) is 51.9. The molecule has 2 aromatic rings. The van der Waals surface area contributed by atoms with Gasteiger partial charge in [-0.15, -0.1) is 0 Å². The molecule has 2 saturated heterocycles. The summed E-state index contributed by atoms with van der Waals surface area (Å²) in [6.07, 6.45) is -10.8. The van der Waals surface area contributed by atoms with Crippen LogP contribution in [0.4, 0.5) is 0 Å². The second-order valence-electron chi connectivity index (χ2n) is 16.6. The average molecular weight is 926 g/mol. The Bertz CT molecular complexity index is 1900. The highest BCUT2D eigenvalue weighted by Crippen LogP contribution is 2.45. The number of rotatable bonds is 24. The van der Waals surface area contributed by atoms with Crippen LogP contribution in [0.2, 0.25) is 18.1 Å². The third kappa shape index (κ3) is 14.7. The van der Waals surface area contributed by atoms with E-state index in [1.54, 1.807) is 50.5 Å². The summed E-state index contributed by atoms with van der Waals surface area (Å²) in [5.41, 5.74) is 10.8. The fourth-order valence-electron chi connectivity index (χ4n) is 7.06. The Labute approximate surface area is 370 Å². The predicted molar refractivity (Wildman–Crippen MR) is 230 cm³/mol. The molecule has 63 heavy (non-hydrogen) atoms. The van der Waals surface area contributed by atoms with Gasteiger partial charge in [0.2, 0.25) is 0 Å². The number of ether oxygens (including phenoxy) is 9. The molecular formula is C42H63N3O16SSi. The van der Waals surface area contributed by atoms with Crippen LogP contribution in [0, 0.1) is 0 Å². The Morgan fingerprint density at radius 1 is 0.889 bits per heavy atom. The second-order valence-corrected chi connectivity index (χ2v) is 22.1. The van der Waals surface area contributed by atoms with E-state index in [2.05, 4.69) is 10.0 Å². The highest BCUT2D eigenvalue weighted by Gasteiger charge is 2.58. The minimum absolute atomic E-state index is 0.0371. The minimum atomic E-state index is -5.34. The fraction of sp³-hybridized carbons (Fsp3) is 0.667. The monoisotopic (exact) mass is 925 g/mol. The van der Waals surface area contributed by atoms with Crippen molar-refractivity contribution in [3.05, 3.63) is 76.2 Å². The number of methoxy groups -OCH3 is 2. The molecule has 0 spiro atoms. The van der Waals surface area contributed by atoms with Gasteiger partial charge in [-0.05, 0) is 72.8 Å². The number of esters is 2. The zero-order valence-electron chi connectivity index (χ0n) is 37.2. The van der Waals surface area contributed by atoms with Crippen molar-refractivity contribution in [1.29, 1.82) is 0 Å². The van der Waals surface area contributed by atoms with Gasteiger partial charge in [-0.2, -0.15) is 8.42 Å². The molecule has 4 rings (SSSR count). The quantitative estimate of drug-likeness (QED) is 0.0230. The van der Waals surface area contributed by atoms with E-state index in [4.69, 9.17) is 46.8 Å². The summed E-state index contributed by atoms with van der Waals surface area (Å²) < 4.78 is 95.6. The van der Waals surface area contributed by atoms with Crippen LogP contribution < -0.4 is 4.74 Å². The Kier molecular flexibility index (Phi) is 19.8. The van der Waals surface area contributed by atoms with E-state index >= 15 is 0 Å². The average Bonchev–Trinajstić information content (AvgIpc) is 3.23. The molecule has 352 valence electrons. The van der Waals surface area contributed by atoms with E-state index in [1.165, 1.54) is 12.1 Å². The van der Waals surface area contributed by atoms with Crippen molar-refractivity contribution in [1.82, 2.24) is 0 Å². The van der Waals surface area contributed by atoms with Gasteiger partial charge >= 0.3 is 22.3 Å². The van der Waals surface area contributed by atoms with Crippen molar-refractivity contribution in [2.24, 2.45) is 5.11 Å². The Hall–Kier alpha value is -3.70. The summed E-state index contributed by atoms with van der Waals surface area (Å²) in [6.45, 7) is 11.3. The molecule has 2 aromatic carbocycles. The number of unbranched alkanes of at least 4 members (excludes halogenated alkanes) is 2. The third-order valence-electron chi connectivity index (χ3n) is 11.3. The molecule has 2 heterocycles. The van der Waals surface area contributed by atoms with E-state index < -0.39 is 96.9 Å². The Morgan fingerprint density at radius 3 is 2.08 bits per heavy atom. The molecule has 21 heteroatoms. The summed E-state index contributed by atoms with van der Waals surface area (Å²) in [4.78, 5) is 41.6. The van der Waals surface area contributed by atoms with Crippen LogP contribution in [0.3, 0.4) is 0 Å². The van der Waals surface area contributed by atoms with Gasteiger partial charge in [-0.3, -0.25) is 4.55 Å². The van der Waals surface area contributed by atoms with Crippen molar-refractivity contribution < 1.29 is 74.2 Å². The first-order chi connectivity index (χ1) is 29.9.